The summed E-state index contributed by atoms with van der Waals surface area (Å²) >= 11 is 0. The maximum Gasteiger partial charge on any atom is 0.472 e. The number of phosphoric acid groups is 1. The summed E-state index contributed by atoms with van der Waals surface area (Å²) in [7, 11) is -4.62. The molecular formula is C50H97O10P. The summed E-state index contributed by atoms with van der Waals surface area (Å²) in [4.78, 5) is 35.1. The van der Waals surface area contributed by atoms with Crippen LogP contribution in [-0.2, 0) is 32.7 Å². The maximum atomic E-state index is 12.7. The van der Waals surface area contributed by atoms with Gasteiger partial charge in [-0.05, 0) is 25.7 Å². The first-order valence-corrected chi connectivity index (χ1v) is 27.1. The van der Waals surface area contributed by atoms with Crippen LogP contribution in [0.5, 0.6) is 0 Å². The number of allylic oxidation sites excluding steroid dienone is 2. The van der Waals surface area contributed by atoms with Crippen molar-refractivity contribution in [1.82, 2.24) is 0 Å². The fourth-order valence-corrected chi connectivity index (χ4v) is 8.27. The third-order valence-corrected chi connectivity index (χ3v) is 12.4. The zero-order chi connectivity index (χ0) is 44.8. The zero-order valence-electron chi connectivity index (χ0n) is 39.7. The van der Waals surface area contributed by atoms with E-state index in [4.69, 9.17) is 23.6 Å². The summed E-state index contributed by atoms with van der Waals surface area (Å²) in [6.07, 6.45) is 47.7. The van der Waals surface area contributed by atoms with E-state index in [0.29, 0.717) is 12.8 Å². The molecule has 61 heavy (non-hydrogen) atoms. The van der Waals surface area contributed by atoms with Gasteiger partial charge in [-0.25, -0.2) is 4.57 Å². The fraction of sp³-hybridized carbons (Fsp3) is 0.920. The highest BCUT2D eigenvalue weighted by Crippen LogP contribution is 2.43. The number of carbonyl (C=O) groups is 2. The number of ether oxygens (including phenoxy) is 2. The molecule has 0 aromatic rings. The second-order valence-corrected chi connectivity index (χ2v) is 19.0. The minimum absolute atomic E-state index is 0.163. The van der Waals surface area contributed by atoms with E-state index in [1.807, 2.05) is 6.08 Å². The van der Waals surface area contributed by atoms with Gasteiger partial charge in [-0.15, -0.1) is 0 Å². The molecule has 0 aromatic heterocycles. The molecule has 11 heteroatoms. The molecule has 0 amide bonds. The van der Waals surface area contributed by atoms with Gasteiger partial charge in [0.05, 0.1) is 19.8 Å². The molecule has 0 heterocycles. The van der Waals surface area contributed by atoms with Crippen LogP contribution in [-0.4, -0.2) is 65.7 Å². The Morgan fingerprint density at radius 1 is 0.475 bits per heavy atom. The lowest BCUT2D eigenvalue weighted by Crippen LogP contribution is -2.29. The van der Waals surface area contributed by atoms with Gasteiger partial charge in [0, 0.05) is 12.8 Å². The monoisotopic (exact) mass is 889 g/mol. The van der Waals surface area contributed by atoms with Crippen molar-refractivity contribution in [2.24, 2.45) is 0 Å². The average molecular weight is 889 g/mol. The summed E-state index contributed by atoms with van der Waals surface area (Å²) in [6.45, 7) is 2.40. The third-order valence-electron chi connectivity index (χ3n) is 11.4. The Balaban J connectivity index is 4.13. The number of phosphoric ester groups is 1. The van der Waals surface area contributed by atoms with Gasteiger partial charge in [0.15, 0.2) is 6.10 Å². The van der Waals surface area contributed by atoms with Crippen LogP contribution in [0.15, 0.2) is 12.2 Å². The van der Waals surface area contributed by atoms with Gasteiger partial charge in [0.2, 0.25) is 0 Å². The molecule has 0 saturated heterocycles. The lowest BCUT2D eigenvalue weighted by Gasteiger charge is -2.20. The van der Waals surface area contributed by atoms with Crippen molar-refractivity contribution in [3.8, 4) is 0 Å². The van der Waals surface area contributed by atoms with Crippen LogP contribution in [0.25, 0.3) is 0 Å². The van der Waals surface area contributed by atoms with Gasteiger partial charge in [-0.3, -0.25) is 18.6 Å². The van der Waals surface area contributed by atoms with Crippen molar-refractivity contribution in [2.45, 2.75) is 270 Å². The maximum absolute atomic E-state index is 12.7. The predicted molar refractivity (Wildman–Crippen MR) is 252 cm³/mol. The molecule has 0 aliphatic carbocycles. The molecule has 0 saturated carbocycles. The van der Waals surface area contributed by atoms with E-state index in [1.165, 1.54) is 186 Å². The molecule has 1 unspecified atom stereocenters. The smallest absolute Gasteiger partial charge is 0.462 e. The highest BCUT2D eigenvalue weighted by atomic mass is 31.2. The van der Waals surface area contributed by atoms with Gasteiger partial charge in [0.25, 0.3) is 0 Å². The number of aliphatic hydroxyl groups is 2. The van der Waals surface area contributed by atoms with Crippen LogP contribution in [0.4, 0.5) is 0 Å². The molecule has 0 bridgehead atoms. The van der Waals surface area contributed by atoms with E-state index < -0.39 is 51.8 Å². The number of aliphatic hydroxyl groups excluding tert-OH is 2. The second kappa shape index (κ2) is 46.7. The number of carbonyl (C=O) groups excluding carboxylic acids is 2. The number of hydrogen-bond acceptors (Lipinski definition) is 9. The minimum Gasteiger partial charge on any atom is -0.462 e. The van der Waals surface area contributed by atoms with E-state index in [0.717, 1.165) is 32.1 Å². The van der Waals surface area contributed by atoms with Crippen LogP contribution < -0.4 is 0 Å². The molecule has 3 atom stereocenters. The highest BCUT2D eigenvalue weighted by Gasteiger charge is 2.27. The Labute approximate surface area is 375 Å². The number of rotatable bonds is 49. The van der Waals surface area contributed by atoms with Gasteiger partial charge in [-0.2, -0.15) is 0 Å². The van der Waals surface area contributed by atoms with Crippen LogP contribution in [0.3, 0.4) is 0 Å². The van der Waals surface area contributed by atoms with Crippen LogP contribution in [0, 0.1) is 0 Å². The molecule has 0 aliphatic heterocycles. The van der Waals surface area contributed by atoms with E-state index in [-0.39, 0.29) is 19.4 Å². The summed E-state index contributed by atoms with van der Waals surface area (Å²) in [5.41, 5.74) is 0. The molecule has 0 spiro atoms. The van der Waals surface area contributed by atoms with Crippen molar-refractivity contribution in [1.29, 1.82) is 0 Å². The minimum atomic E-state index is -4.62. The predicted octanol–water partition coefficient (Wildman–Crippen LogP) is 14.3. The first kappa shape index (κ1) is 59.7. The second-order valence-electron chi connectivity index (χ2n) is 17.6. The fourth-order valence-electron chi connectivity index (χ4n) is 7.48. The first-order chi connectivity index (χ1) is 29.7. The summed E-state index contributed by atoms with van der Waals surface area (Å²) in [5, 5.41) is 18.4. The highest BCUT2D eigenvalue weighted by molar-refractivity contribution is 7.47. The average Bonchev–Trinajstić information content (AvgIpc) is 3.25. The van der Waals surface area contributed by atoms with Crippen LogP contribution >= 0.6 is 7.82 Å². The van der Waals surface area contributed by atoms with Crippen molar-refractivity contribution in [3.05, 3.63) is 12.2 Å². The van der Waals surface area contributed by atoms with Gasteiger partial charge < -0.3 is 24.6 Å². The third kappa shape index (κ3) is 46.5. The van der Waals surface area contributed by atoms with Gasteiger partial charge >= 0.3 is 19.8 Å². The Morgan fingerprint density at radius 2 is 0.836 bits per heavy atom. The Hall–Kier alpha value is -1.29. The largest absolute Gasteiger partial charge is 0.472 e. The van der Waals surface area contributed by atoms with Crippen LogP contribution in [0.2, 0.25) is 0 Å². The quantitative estimate of drug-likeness (QED) is 0.0233. The van der Waals surface area contributed by atoms with Crippen LogP contribution in [0.1, 0.15) is 258 Å². The van der Waals surface area contributed by atoms with Crippen molar-refractivity contribution < 1.29 is 47.8 Å². The standard InChI is InChI=1S/C50H97O10P/c1-3-5-7-9-11-13-15-17-19-20-21-22-23-24-25-26-28-30-32-34-36-38-40-42-50(54)60-48(46-59-61(55,56)58-44-47(52)43-51)45-57-49(53)41-39-37-35-33-31-29-27-18-16-14-12-10-8-6-4-2/h35,37,47-48,51-52H,3-34,36,38-46H2,1-2H3,(H,55,56)/b37-35+/t47-,48+/m0/s1. The van der Waals surface area contributed by atoms with E-state index >= 15 is 0 Å². The first-order valence-electron chi connectivity index (χ1n) is 25.6. The van der Waals surface area contributed by atoms with Gasteiger partial charge in [-0.1, -0.05) is 231 Å². The lowest BCUT2D eigenvalue weighted by molar-refractivity contribution is -0.161. The molecule has 362 valence electrons. The molecule has 0 radical (unpaired) electrons. The van der Waals surface area contributed by atoms with Crippen molar-refractivity contribution in [2.75, 3.05) is 26.4 Å². The summed E-state index contributed by atoms with van der Waals surface area (Å²) < 4.78 is 32.8. The Morgan fingerprint density at radius 3 is 1.25 bits per heavy atom. The van der Waals surface area contributed by atoms with Crippen molar-refractivity contribution in [3.63, 3.8) is 0 Å². The van der Waals surface area contributed by atoms with Gasteiger partial charge in [0.1, 0.15) is 12.7 Å². The number of unbranched alkanes of at least 4 members (excludes halogenated alkanes) is 33. The summed E-state index contributed by atoms with van der Waals surface area (Å²) in [5.74, 6) is -0.965. The van der Waals surface area contributed by atoms with E-state index in [9.17, 15) is 24.2 Å². The summed E-state index contributed by atoms with van der Waals surface area (Å²) in [6, 6.07) is 0. The topological polar surface area (TPSA) is 149 Å². The molecule has 0 aromatic carbocycles. The molecule has 0 rings (SSSR count). The molecule has 3 N–H and O–H groups in total. The molecule has 0 fully saturated rings. The van der Waals surface area contributed by atoms with E-state index in [2.05, 4.69) is 19.9 Å². The zero-order valence-corrected chi connectivity index (χ0v) is 40.5. The molecule has 10 nitrogen and oxygen atoms in total. The SMILES string of the molecule is CCCCCCCCCCCCC/C=C/CCC(=O)OC[C@H](COP(=O)(O)OC[C@@H](O)CO)OC(=O)CCCCCCCCCCCCCCCCCCCCCCCCC. The molecular weight excluding hydrogens is 792 g/mol. The van der Waals surface area contributed by atoms with E-state index in [1.54, 1.807) is 0 Å². The Bertz CT molecular complexity index is 1020. The number of hydrogen-bond donors (Lipinski definition) is 3. The normalized spacial score (nSPS) is 13.7. The van der Waals surface area contributed by atoms with Crippen molar-refractivity contribution >= 4 is 19.8 Å². The molecule has 0 aliphatic rings. The number of esters is 2. The lowest BCUT2D eigenvalue weighted by atomic mass is 10.0. The Kier molecular flexibility index (Phi) is 45.7.